The standard InChI is InChI=1S/2CH3.H2O.Sn/h2*1H3;1H2;. The molecule has 0 unspecified atom stereocenters. The van der Waals surface area contributed by atoms with E-state index in [4.69, 9.17) is 0 Å². The molecule has 0 fully saturated rings. The molecule has 0 atom stereocenters. The Morgan fingerprint density at radius 1 is 1.25 bits per heavy atom. The Morgan fingerprint density at radius 3 is 1.25 bits per heavy atom. The first-order valence-corrected chi connectivity index (χ1v) is 6.71. The summed E-state index contributed by atoms with van der Waals surface area (Å²) < 4.78 is 0. The molecule has 0 aliphatic rings. The molecule has 0 aliphatic heterocycles. The van der Waals surface area contributed by atoms with Gasteiger partial charge in [-0.15, -0.1) is 0 Å². The van der Waals surface area contributed by atoms with E-state index in [-0.39, 0.29) is 26.6 Å². The van der Waals surface area contributed by atoms with Gasteiger partial charge in [0.05, 0.1) is 0 Å². The second-order valence-corrected chi connectivity index (χ2v) is 3.35. The molecule has 4 heavy (non-hydrogen) atoms. The van der Waals surface area contributed by atoms with Gasteiger partial charge in [-0.25, -0.2) is 0 Å². The number of rotatable bonds is 0. The van der Waals surface area contributed by atoms with Crippen LogP contribution in [0.25, 0.3) is 0 Å². The van der Waals surface area contributed by atoms with Crippen LogP contribution in [0.15, 0.2) is 0 Å². The summed E-state index contributed by atoms with van der Waals surface area (Å²) in [5.41, 5.74) is 0. The summed E-state index contributed by atoms with van der Waals surface area (Å²) in [5.74, 6) is 0. The van der Waals surface area contributed by atoms with Gasteiger partial charge in [0, 0.05) is 0 Å². The Balaban J connectivity index is 0. The zero-order chi connectivity index (χ0) is 2.71. The summed E-state index contributed by atoms with van der Waals surface area (Å²) in [4.78, 5) is 4.59. The van der Waals surface area contributed by atoms with Crippen molar-refractivity contribution in [2.45, 2.75) is 9.88 Å². The van der Waals surface area contributed by atoms with Crippen LogP contribution in [0.5, 0.6) is 0 Å². The van der Waals surface area contributed by atoms with Crippen LogP contribution >= 0.6 is 0 Å². The van der Waals surface area contributed by atoms with Gasteiger partial charge in [0.1, 0.15) is 0 Å². The second-order valence-electron chi connectivity index (χ2n) is 0.500. The maximum absolute atomic E-state index is 2.30. The van der Waals surface area contributed by atoms with E-state index in [2.05, 4.69) is 9.88 Å². The molecule has 0 aromatic heterocycles. The molecule has 0 saturated carbocycles. The van der Waals surface area contributed by atoms with Crippen molar-refractivity contribution in [2.75, 3.05) is 0 Å². The Morgan fingerprint density at radius 2 is 1.25 bits per heavy atom. The van der Waals surface area contributed by atoms with Gasteiger partial charge in [-0.2, -0.15) is 0 Å². The van der Waals surface area contributed by atoms with Crippen molar-refractivity contribution in [3.63, 3.8) is 0 Å². The van der Waals surface area contributed by atoms with E-state index in [0.717, 1.165) is 0 Å². The number of hydrogen-bond acceptors (Lipinski definition) is 0. The zero-order valence-corrected chi connectivity index (χ0v) is 5.85. The molecular weight excluding hydrogens is 159 g/mol. The van der Waals surface area contributed by atoms with E-state index in [1.54, 1.807) is 0 Å². The molecule has 0 amide bonds. The average Bonchev–Trinajstić information content (AvgIpc) is 0.918. The molecule has 2 N–H and O–H groups in total. The first-order valence-electron chi connectivity index (χ1n) is 1.00. The molecule has 2 heteroatoms. The van der Waals surface area contributed by atoms with E-state index >= 15 is 0 Å². The Hall–Kier alpha value is 0.759. The van der Waals surface area contributed by atoms with Crippen molar-refractivity contribution >= 4 is 21.1 Å². The molecule has 0 aliphatic carbocycles. The topological polar surface area (TPSA) is 31.5 Å². The molecule has 26 valence electrons. The third-order valence-corrected chi connectivity index (χ3v) is 0. The number of hydrogen-bond donors (Lipinski definition) is 0. The fourth-order valence-electron chi connectivity index (χ4n) is 0. The van der Waals surface area contributed by atoms with Crippen LogP contribution in [0, 0.1) is 0 Å². The third kappa shape index (κ3) is 14.8. The molecule has 0 rings (SSSR count). The van der Waals surface area contributed by atoms with Gasteiger partial charge in [0.25, 0.3) is 0 Å². The van der Waals surface area contributed by atoms with E-state index in [9.17, 15) is 0 Å². The second kappa shape index (κ2) is 9.25. The summed E-state index contributed by atoms with van der Waals surface area (Å²) in [6.45, 7) is 0. The average molecular weight is 167 g/mol. The predicted octanol–water partition coefficient (Wildman–Crippen LogP) is -0.0379. The first kappa shape index (κ1) is 8.83. The predicted molar refractivity (Wildman–Crippen MR) is 21.1 cm³/mol. The normalized spacial score (nSPS) is 4.50. The monoisotopic (exact) mass is 168 g/mol. The van der Waals surface area contributed by atoms with Gasteiger partial charge >= 0.3 is 31.0 Å². The van der Waals surface area contributed by atoms with Gasteiger partial charge in [-0.05, 0) is 0 Å². The SMILES string of the molecule is O.[CH3][Sn][CH3]. The summed E-state index contributed by atoms with van der Waals surface area (Å²) >= 11 is 0.230. The minimum atomic E-state index is 0. The van der Waals surface area contributed by atoms with Crippen molar-refractivity contribution in [2.24, 2.45) is 0 Å². The quantitative estimate of drug-likeness (QED) is 0.453. The van der Waals surface area contributed by atoms with Gasteiger partial charge in [-0.1, -0.05) is 0 Å². The molecule has 1 nitrogen and oxygen atoms in total. The zero-order valence-electron chi connectivity index (χ0n) is 3.00. The molecule has 0 aromatic carbocycles. The van der Waals surface area contributed by atoms with Crippen molar-refractivity contribution in [3.05, 3.63) is 0 Å². The van der Waals surface area contributed by atoms with Gasteiger partial charge in [0.2, 0.25) is 0 Å². The van der Waals surface area contributed by atoms with E-state index in [1.807, 2.05) is 0 Å². The van der Waals surface area contributed by atoms with Gasteiger partial charge in [0.15, 0.2) is 0 Å². The fourth-order valence-corrected chi connectivity index (χ4v) is 0. The fraction of sp³-hybridized carbons (Fsp3) is 1.00. The van der Waals surface area contributed by atoms with Crippen LogP contribution in [0.4, 0.5) is 0 Å². The molecule has 2 radical (unpaired) electrons. The molecule has 0 bridgehead atoms. The molecule has 0 saturated heterocycles. The summed E-state index contributed by atoms with van der Waals surface area (Å²) in [7, 11) is 0. The van der Waals surface area contributed by atoms with Crippen molar-refractivity contribution in [1.82, 2.24) is 0 Å². The van der Waals surface area contributed by atoms with Gasteiger partial charge in [-0.3, -0.25) is 0 Å². The van der Waals surface area contributed by atoms with Crippen LogP contribution in [0.3, 0.4) is 0 Å². The van der Waals surface area contributed by atoms with E-state index < -0.39 is 0 Å². The Labute approximate surface area is 36.9 Å². The van der Waals surface area contributed by atoms with Crippen LogP contribution < -0.4 is 0 Å². The van der Waals surface area contributed by atoms with Crippen LogP contribution in [0.2, 0.25) is 9.88 Å². The van der Waals surface area contributed by atoms with E-state index in [0.29, 0.717) is 0 Å². The summed E-state index contributed by atoms with van der Waals surface area (Å²) in [6.07, 6.45) is 0. The molecule has 0 heterocycles. The first-order chi connectivity index (χ1) is 1.41. The summed E-state index contributed by atoms with van der Waals surface area (Å²) in [5, 5.41) is 0. The molecular formula is C2H8OSn. The van der Waals surface area contributed by atoms with Crippen molar-refractivity contribution in [3.8, 4) is 0 Å². The van der Waals surface area contributed by atoms with Crippen LogP contribution in [-0.4, -0.2) is 26.6 Å². The van der Waals surface area contributed by atoms with E-state index in [1.165, 1.54) is 0 Å². The molecule has 0 aromatic rings. The van der Waals surface area contributed by atoms with Gasteiger partial charge < -0.3 is 5.48 Å². The minimum absolute atomic E-state index is 0. The third-order valence-electron chi connectivity index (χ3n) is 0. The summed E-state index contributed by atoms with van der Waals surface area (Å²) in [6, 6.07) is 0. The maximum atomic E-state index is 2.30. The van der Waals surface area contributed by atoms with Crippen molar-refractivity contribution < 1.29 is 5.48 Å². The van der Waals surface area contributed by atoms with Crippen LogP contribution in [-0.2, 0) is 0 Å². The Bertz CT molecular complexity index is 6.00. The Kier molecular flexibility index (Phi) is 20.4. The molecule has 0 spiro atoms. The van der Waals surface area contributed by atoms with Crippen molar-refractivity contribution in [1.29, 1.82) is 0 Å². The van der Waals surface area contributed by atoms with Crippen LogP contribution in [0.1, 0.15) is 0 Å².